The SMILES string of the molecule is CC(=O)OC[C@H]1O[C@@H](n2cc(Cc3ccc(-c4ccc(C#N)cc4)cc3)c(C(C)C)n2)[C@H](OC(C)=O)[C@@H](OC(C)=O)[C@@H]1OC(C)=O. The smallest absolute Gasteiger partial charge is 0.303 e. The Kier molecular flexibility index (Phi) is 10.9. The molecule has 12 nitrogen and oxygen atoms in total. The fourth-order valence-corrected chi connectivity index (χ4v) is 5.39. The zero-order valence-corrected chi connectivity index (χ0v) is 26.6. The number of ether oxygens (including phenoxy) is 5. The first-order valence-corrected chi connectivity index (χ1v) is 14.8. The molecule has 0 aliphatic carbocycles. The molecule has 0 unspecified atom stereocenters. The molecule has 0 N–H and O–H groups in total. The summed E-state index contributed by atoms with van der Waals surface area (Å²) in [4.78, 5) is 48.3. The Morgan fingerprint density at radius 3 is 1.89 bits per heavy atom. The van der Waals surface area contributed by atoms with E-state index < -0.39 is 54.5 Å². The third-order valence-electron chi connectivity index (χ3n) is 7.31. The lowest BCUT2D eigenvalue weighted by atomic mass is 9.97. The topological polar surface area (TPSA) is 156 Å². The van der Waals surface area contributed by atoms with Gasteiger partial charge in [-0.25, -0.2) is 4.68 Å². The summed E-state index contributed by atoms with van der Waals surface area (Å²) in [7, 11) is 0. The van der Waals surface area contributed by atoms with Crippen LogP contribution < -0.4 is 0 Å². The molecule has 46 heavy (non-hydrogen) atoms. The summed E-state index contributed by atoms with van der Waals surface area (Å²) in [6.07, 6.45) is -3.73. The quantitative estimate of drug-likeness (QED) is 0.231. The second-order valence-electron chi connectivity index (χ2n) is 11.3. The van der Waals surface area contributed by atoms with Gasteiger partial charge in [-0.05, 0) is 40.3 Å². The van der Waals surface area contributed by atoms with Crippen LogP contribution in [0.1, 0.15) is 76.1 Å². The minimum absolute atomic E-state index is 0.000146. The van der Waals surface area contributed by atoms with Crippen molar-refractivity contribution < 1.29 is 42.9 Å². The molecule has 2 aromatic carbocycles. The summed E-state index contributed by atoms with van der Waals surface area (Å²) in [6.45, 7) is 8.43. The maximum absolute atomic E-state index is 12.3. The molecule has 2 heterocycles. The third-order valence-corrected chi connectivity index (χ3v) is 7.31. The Morgan fingerprint density at radius 1 is 0.826 bits per heavy atom. The van der Waals surface area contributed by atoms with Crippen molar-refractivity contribution in [3.63, 3.8) is 0 Å². The zero-order valence-electron chi connectivity index (χ0n) is 26.6. The van der Waals surface area contributed by atoms with Crippen LogP contribution in [0.2, 0.25) is 0 Å². The van der Waals surface area contributed by atoms with E-state index in [1.54, 1.807) is 18.3 Å². The highest BCUT2D eigenvalue weighted by atomic mass is 16.7. The molecule has 0 radical (unpaired) electrons. The molecular formula is C34H37N3O9. The van der Waals surface area contributed by atoms with Crippen LogP contribution in [-0.4, -0.2) is 64.7 Å². The van der Waals surface area contributed by atoms with E-state index in [0.717, 1.165) is 27.9 Å². The van der Waals surface area contributed by atoms with E-state index in [4.69, 9.17) is 34.0 Å². The molecule has 3 aromatic rings. The first-order chi connectivity index (χ1) is 21.9. The molecule has 1 fully saturated rings. The summed E-state index contributed by atoms with van der Waals surface area (Å²) in [5.74, 6) is -2.69. The molecule has 242 valence electrons. The van der Waals surface area contributed by atoms with Gasteiger partial charge in [0.2, 0.25) is 0 Å². The van der Waals surface area contributed by atoms with Crippen molar-refractivity contribution in [2.45, 2.75) is 84.5 Å². The molecule has 1 aliphatic rings. The molecule has 0 amide bonds. The van der Waals surface area contributed by atoms with Gasteiger partial charge in [0.25, 0.3) is 0 Å². The van der Waals surface area contributed by atoms with Crippen LogP contribution in [0, 0.1) is 11.3 Å². The predicted octanol–water partition coefficient (Wildman–Crippen LogP) is 4.39. The third kappa shape index (κ3) is 8.37. The van der Waals surface area contributed by atoms with Gasteiger partial charge in [-0.1, -0.05) is 50.2 Å². The molecule has 1 aromatic heterocycles. The lowest BCUT2D eigenvalue weighted by Crippen LogP contribution is -2.60. The normalized spacial score (nSPS) is 20.8. The Bertz CT molecular complexity index is 1610. The van der Waals surface area contributed by atoms with Crippen molar-refractivity contribution in [1.29, 1.82) is 5.26 Å². The maximum atomic E-state index is 12.3. The Morgan fingerprint density at radius 2 is 1.37 bits per heavy atom. The molecule has 4 rings (SSSR count). The summed E-state index contributed by atoms with van der Waals surface area (Å²) in [5.41, 5.74) is 5.25. The van der Waals surface area contributed by atoms with E-state index >= 15 is 0 Å². The van der Waals surface area contributed by atoms with Gasteiger partial charge < -0.3 is 23.7 Å². The van der Waals surface area contributed by atoms with Crippen LogP contribution in [0.4, 0.5) is 0 Å². The lowest BCUT2D eigenvalue weighted by Gasteiger charge is -2.44. The van der Waals surface area contributed by atoms with Crippen LogP contribution in [0.5, 0.6) is 0 Å². The minimum Gasteiger partial charge on any atom is -0.463 e. The number of hydrogen-bond acceptors (Lipinski definition) is 11. The molecule has 0 saturated carbocycles. The number of nitriles is 1. The molecule has 0 bridgehead atoms. The number of hydrogen-bond donors (Lipinski definition) is 0. The second kappa shape index (κ2) is 14.8. The van der Waals surface area contributed by atoms with Crippen LogP contribution in [0.25, 0.3) is 11.1 Å². The number of carbonyl (C=O) groups is 4. The summed E-state index contributed by atoms with van der Waals surface area (Å²) < 4.78 is 29.7. The predicted molar refractivity (Wildman–Crippen MR) is 163 cm³/mol. The van der Waals surface area contributed by atoms with Crippen molar-refractivity contribution >= 4 is 23.9 Å². The highest BCUT2D eigenvalue weighted by molar-refractivity contribution is 5.69. The average molecular weight is 632 g/mol. The first kappa shape index (κ1) is 33.9. The van der Waals surface area contributed by atoms with Crippen LogP contribution in [0.3, 0.4) is 0 Å². The Labute approximate surface area is 267 Å². The Balaban J connectivity index is 1.70. The Hall–Kier alpha value is -5.02. The van der Waals surface area contributed by atoms with Gasteiger partial charge in [-0.15, -0.1) is 0 Å². The molecule has 5 atom stereocenters. The number of esters is 4. The van der Waals surface area contributed by atoms with Gasteiger partial charge in [0.15, 0.2) is 24.5 Å². The van der Waals surface area contributed by atoms with Gasteiger partial charge in [-0.3, -0.25) is 19.2 Å². The fraction of sp³-hybridized carbons (Fsp3) is 0.412. The van der Waals surface area contributed by atoms with Gasteiger partial charge in [0, 0.05) is 40.3 Å². The minimum atomic E-state index is -1.30. The number of aromatic nitrogens is 2. The number of rotatable bonds is 10. The molecule has 12 heteroatoms. The van der Waals surface area contributed by atoms with Crippen LogP contribution in [-0.2, 0) is 49.3 Å². The average Bonchev–Trinajstić information content (AvgIpc) is 3.42. The van der Waals surface area contributed by atoms with Crippen molar-refractivity contribution in [2.24, 2.45) is 0 Å². The second-order valence-corrected chi connectivity index (χ2v) is 11.3. The highest BCUT2D eigenvalue weighted by Gasteiger charge is 2.53. The summed E-state index contributed by atoms with van der Waals surface area (Å²) >= 11 is 0. The molecule has 1 saturated heterocycles. The van der Waals surface area contributed by atoms with Crippen molar-refractivity contribution in [3.8, 4) is 17.2 Å². The maximum Gasteiger partial charge on any atom is 0.303 e. The first-order valence-electron chi connectivity index (χ1n) is 14.8. The monoisotopic (exact) mass is 631 g/mol. The van der Waals surface area contributed by atoms with Gasteiger partial charge >= 0.3 is 23.9 Å². The van der Waals surface area contributed by atoms with Crippen LogP contribution >= 0.6 is 0 Å². The number of nitrogens with zero attached hydrogens (tertiary/aromatic N) is 3. The van der Waals surface area contributed by atoms with Crippen molar-refractivity contribution in [1.82, 2.24) is 9.78 Å². The van der Waals surface area contributed by atoms with E-state index in [9.17, 15) is 19.2 Å². The van der Waals surface area contributed by atoms with Crippen molar-refractivity contribution in [3.05, 3.63) is 77.1 Å². The van der Waals surface area contributed by atoms with Crippen molar-refractivity contribution in [2.75, 3.05) is 6.61 Å². The molecular weight excluding hydrogens is 594 g/mol. The van der Waals surface area contributed by atoms with Gasteiger partial charge in [0.1, 0.15) is 12.7 Å². The highest BCUT2D eigenvalue weighted by Crippen LogP contribution is 2.36. The zero-order chi connectivity index (χ0) is 33.5. The summed E-state index contributed by atoms with van der Waals surface area (Å²) in [6, 6.07) is 17.5. The van der Waals surface area contributed by atoms with E-state index in [1.165, 1.54) is 32.4 Å². The lowest BCUT2D eigenvalue weighted by molar-refractivity contribution is -0.270. The van der Waals surface area contributed by atoms with E-state index in [2.05, 4.69) is 6.07 Å². The number of benzene rings is 2. The molecule has 0 spiro atoms. The largest absolute Gasteiger partial charge is 0.463 e. The number of carbonyl (C=O) groups excluding carboxylic acids is 4. The van der Waals surface area contributed by atoms with E-state index in [0.29, 0.717) is 12.0 Å². The molecule has 1 aliphatic heterocycles. The fourth-order valence-electron chi connectivity index (χ4n) is 5.39. The van der Waals surface area contributed by atoms with Gasteiger partial charge in [-0.2, -0.15) is 10.4 Å². The van der Waals surface area contributed by atoms with E-state index in [1.807, 2.05) is 50.2 Å². The van der Waals surface area contributed by atoms with Crippen LogP contribution in [0.15, 0.2) is 54.7 Å². The van der Waals surface area contributed by atoms with Gasteiger partial charge in [0.05, 0.1) is 17.3 Å². The van der Waals surface area contributed by atoms with E-state index in [-0.39, 0.29) is 12.5 Å². The summed E-state index contributed by atoms with van der Waals surface area (Å²) in [5, 5.41) is 13.9. The standard InChI is InChI=1S/C34H37N3O9/c1-19(2)30-28(15-24-7-11-26(12-8-24)27-13-9-25(16-35)10-14-27)17-37(36-30)34-33(45-23(6)41)32(44-22(5)40)31(43-21(4)39)29(46-34)18-42-20(3)38/h7-14,17,19,29,31-34H,15,18H2,1-6H3/t29-,31-,32+,33-,34-/m1/s1.